The first-order chi connectivity index (χ1) is 12.3. The second kappa shape index (κ2) is 8.44. The third-order valence-electron chi connectivity index (χ3n) is 3.89. The molecule has 2 rings (SSSR count). The van der Waals surface area contributed by atoms with E-state index in [1.54, 1.807) is 13.8 Å². The van der Waals surface area contributed by atoms with E-state index >= 15 is 0 Å². The van der Waals surface area contributed by atoms with Crippen LogP contribution < -0.4 is 5.56 Å². The van der Waals surface area contributed by atoms with E-state index < -0.39 is 18.0 Å². The van der Waals surface area contributed by atoms with Crippen LogP contribution in [0.5, 0.6) is 0 Å². The van der Waals surface area contributed by atoms with Gasteiger partial charge in [-0.15, -0.1) is 11.3 Å². The summed E-state index contributed by atoms with van der Waals surface area (Å²) in [6.07, 6.45) is 1.75. The molecule has 0 spiro atoms. The van der Waals surface area contributed by atoms with E-state index in [0.29, 0.717) is 33.7 Å². The number of esters is 2. The molecule has 7 nitrogen and oxygen atoms in total. The van der Waals surface area contributed by atoms with Crippen LogP contribution >= 0.6 is 11.3 Å². The highest BCUT2D eigenvalue weighted by Crippen LogP contribution is 2.28. The normalized spacial score (nSPS) is 12.4. The van der Waals surface area contributed by atoms with Gasteiger partial charge in [-0.1, -0.05) is 20.8 Å². The lowest BCUT2D eigenvalue weighted by atomic mass is 10.2. The van der Waals surface area contributed by atoms with Crippen LogP contribution in [0.1, 0.15) is 55.4 Å². The number of aryl methyl sites for hydroxylation is 1. The quantitative estimate of drug-likeness (QED) is 0.686. The summed E-state index contributed by atoms with van der Waals surface area (Å²) >= 11 is 1.12. The smallest absolute Gasteiger partial charge is 0.348 e. The summed E-state index contributed by atoms with van der Waals surface area (Å²) in [4.78, 5) is 42.5. The molecule has 0 aliphatic rings. The predicted molar refractivity (Wildman–Crippen MR) is 99.7 cm³/mol. The molecule has 26 heavy (non-hydrogen) atoms. The van der Waals surface area contributed by atoms with E-state index in [2.05, 4.69) is 4.98 Å². The van der Waals surface area contributed by atoms with E-state index in [1.165, 1.54) is 10.9 Å². The molecule has 1 atom stereocenters. The standard InChI is InChI=1S/C18H24N2O5S/c1-6-12(17(22)25-8-10(3)4)20-9-19-15-13(16(20)21)11(5)14(26-15)18(23)24-7-2/h9-10,12H,6-8H2,1-5H3/t12-/m1/s1. The zero-order valence-corrected chi connectivity index (χ0v) is 16.5. The maximum Gasteiger partial charge on any atom is 0.348 e. The number of hydrogen-bond donors (Lipinski definition) is 0. The van der Waals surface area contributed by atoms with Crippen molar-refractivity contribution in [3.63, 3.8) is 0 Å². The van der Waals surface area contributed by atoms with Gasteiger partial charge in [-0.25, -0.2) is 14.6 Å². The summed E-state index contributed by atoms with van der Waals surface area (Å²) < 4.78 is 11.6. The Morgan fingerprint density at radius 3 is 2.54 bits per heavy atom. The van der Waals surface area contributed by atoms with Crippen molar-refractivity contribution < 1.29 is 19.1 Å². The number of fused-ring (bicyclic) bond motifs is 1. The first-order valence-corrected chi connectivity index (χ1v) is 9.47. The van der Waals surface area contributed by atoms with Crippen molar-refractivity contribution in [2.24, 2.45) is 5.92 Å². The zero-order chi connectivity index (χ0) is 19.4. The maximum atomic E-state index is 13.0. The lowest BCUT2D eigenvalue weighted by Crippen LogP contribution is -2.31. The van der Waals surface area contributed by atoms with Gasteiger partial charge in [-0.05, 0) is 31.7 Å². The summed E-state index contributed by atoms with van der Waals surface area (Å²) in [6, 6.07) is -0.747. The average molecular weight is 380 g/mol. The molecule has 0 aliphatic heterocycles. The fraction of sp³-hybridized carbons (Fsp3) is 0.556. The minimum atomic E-state index is -0.747. The summed E-state index contributed by atoms with van der Waals surface area (Å²) in [5.74, 6) is -0.717. The van der Waals surface area contributed by atoms with E-state index in [4.69, 9.17) is 9.47 Å². The van der Waals surface area contributed by atoms with Gasteiger partial charge in [-0.2, -0.15) is 0 Å². The Morgan fingerprint density at radius 1 is 1.27 bits per heavy atom. The van der Waals surface area contributed by atoms with Crippen molar-refractivity contribution in [3.05, 3.63) is 27.1 Å². The molecule has 142 valence electrons. The van der Waals surface area contributed by atoms with Gasteiger partial charge in [0.1, 0.15) is 15.7 Å². The fourth-order valence-corrected chi connectivity index (χ4v) is 3.61. The van der Waals surface area contributed by atoms with Gasteiger partial charge in [0, 0.05) is 0 Å². The van der Waals surface area contributed by atoms with Crippen molar-refractivity contribution in [1.82, 2.24) is 9.55 Å². The molecule has 0 radical (unpaired) electrons. The van der Waals surface area contributed by atoms with Crippen LogP contribution in [0.15, 0.2) is 11.1 Å². The monoisotopic (exact) mass is 380 g/mol. The number of rotatable bonds is 7. The zero-order valence-electron chi connectivity index (χ0n) is 15.7. The van der Waals surface area contributed by atoms with Crippen molar-refractivity contribution in [2.75, 3.05) is 13.2 Å². The van der Waals surface area contributed by atoms with Crippen LogP contribution in [0.25, 0.3) is 10.2 Å². The molecule has 0 saturated heterocycles. The SMILES string of the molecule is CCOC(=O)c1sc2ncn([C@H](CC)C(=O)OCC(C)C)c(=O)c2c1C. The second-order valence-electron chi connectivity index (χ2n) is 6.36. The van der Waals surface area contributed by atoms with Crippen molar-refractivity contribution >= 4 is 33.5 Å². The van der Waals surface area contributed by atoms with Gasteiger partial charge in [0.15, 0.2) is 0 Å². The van der Waals surface area contributed by atoms with Crippen LogP contribution in [-0.4, -0.2) is 34.7 Å². The third-order valence-corrected chi connectivity index (χ3v) is 5.07. The van der Waals surface area contributed by atoms with Crippen LogP contribution in [0.4, 0.5) is 0 Å². The van der Waals surface area contributed by atoms with Crippen molar-refractivity contribution in [2.45, 2.75) is 47.1 Å². The minimum Gasteiger partial charge on any atom is -0.464 e. The largest absolute Gasteiger partial charge is 0.464 e. The Labute approximate surface area is 155 Å². The minimum absolute atomic E-state index is 0.208. The van der Waals surface area contributed by atoms with Gasteiger partial charge in [-0.3, -0.25) is 9.36 Å². The number of ether oxygens (including phenoxy) is 2. The molecule has 2 aromatic rings. The Bertz CT molecular complexity index is 868. The van der Waals surface area contributed by atoms with Crippen LogP contribution in [0, 0.1) is 12.8 Å². The molecule has 0 amide bonds. The summed E-state index contributed by atoms with van der Waals surface area (Å²) in [5.41, 5.74) is 0.174. The topological polar surface area (TPSA) is 87.5 Å². The molecule has 0 N–H and O–H groups in total. The Balaban J connectivity index is 2.47. The Kier molecular flexibility index (Phi) is 6.52. The summed E-state index contributed by atoms with van der Waals surface area (Å²) in [7, 11) is 0. The van der Waals surface area contributed by atoms with E-state index in [0.717, 1.165) is 11.3 Å². The lowest BCUT2D eigenvalue weighted by molar-refractivity contribution is -0.149. The maximum absolute atomic E-state index is 13.0. The molecule has 0 saturated carbocycles. The average Bonchev–Trinajstić information content (AvgIpc) is 2.93. The van der Waals surface area contributed by atoms with Crippen LogP contribution in [0.2, 0.25) is 0 Å². The molecule has 8 heteroatoms. The molecule has 0 unspecified atom stereocenters. The lowest BCUT2D eigenvalue weighted by Gasteiger charge is -2.17. The highest BCUT2D eigenvalue weighted by molar-refractivity contribution is 7.20. The molecule has 0 aromatic carbocycles. The number of aromatic nitrogens is 2. The number of hydrogen-bond acceptors (Lipinski definition) is 7. The van der Waals surface area contributed by atoms with Gasteiger partial charge in [0.25, 0.3) is 5.56 Å². The number of thiophene rings is 1. The van der Waals surface area contributed by atoms with Crippen LogP contribution in [-0.2, 0) is 14.3 Å². The number of carbonyl (C=O) groups excluding carboxylic acids is 2. The number of nitrogens with zero attached hydrogens (tertiary/aromatic N) is 2. The van der Waals surface area contributed by atoms with Gasteiger partial charge >= 0.3 is 11.9 Å². The van der Waals surface area contributed by atoms with Gasteiger partial charge in [0.05, 0.1) is 24.9 Å². The van der Waals surface area contributed by atoms with Crippen molar-refractivity contribution in [3.8, 4) is 0 Å². The Hall–Kier alpha value is -2.22. The van der Waals surface area contributed by atoms with Crippen molar-refractivity contribution in [1.29, 1.82) is 0 Å². The number of carbonyl (C=O) groups is 2. The van der Waals surface area contributed by atoms with E-state index in [1.807, 2.05) is 20.8 Å². The predicted octanol–water partition coefficient (Wildman–Crippen LogP) is 3.09. The molecule has 0 fully saturated rings. The molecule has 0 bridgehead atoms. The Morgan fingerprint density at radius 2 is 1.96 bits per heavy atom. The van der Waals surface area contributed by atoms with Gasteiger partial charge in [0.2, 0.25) is 0 Å². The molecular formula is C18H24N2O5S. The highest BCUT2D eigenvalue weighted by Gasteiger charge is 2.25. The van der Waals surface area contributed by atoms with Crippen LogP contribution in [0.3, 0.4) is 0 Å². The summed E-state index contributed by atoms with van der Waals surface area (Å²) in [5, 5.41) is 0.343. The van der Waals surface area contributed by atoms with Gasteiger partial charge < -0.3 is 9.47 Å². The molecule has 0 aliphatic carbocycles. The third kappa shape index (κ3) is 3.95. The molecular weight excluding hydrogens is 356 g/mol. The van der Waals surface area contributed by atoms with E-state index in [-0.39, 0.29) is 18.1 Å². The first kappa shape index (κ1) is 20.1. The first-order valence-electron chi connectivity index (χ1n) is 8.65. The second-order valence-corrected chi connectivity index (χ2v) is 7.36. The molecule has 2 heterocycles. The van der Waals surface area contributed by atoms with E-state index in [9.17, 15) is 14.4 Å². The summed E-state index contributed by atoms with van der Waals surface area (Å²) in [6.45, 7) is 9.66. The molecule has 2 aromatic heterocycles. The highest BCUT2D eigenvalue weighted by atomic mass is 32.1. The fourth-order valence-electron chi connectivity index (χ4n) is 2.57.